The minimum absolute atomic E-state index is 0.0745. The summed E-state index contributed by atoms with van der Waals surface area (Å²) in [4.78, 5) is 11.3. The molecule has 2 aromatic carbocycles. The number of carbonyl (C=O) groups excluding carboxylic acids is 1. The van der Waals surface area contributed by atoms with Crippen molar-refractivity contribution in [3.8, 4) is 11.5 Å². The first kappa shape index (κ1) is 19.3. The van der Waals surface area contributed by atoms with Crippen molar-refractivity contribution in [2.45, 2.75) is 20.0 Å². The van der Waals surface area contributed by atoms with Crippen LogP contribution in [0.1, 0.15) is 23.1 Å². The predicted molar refractivity (Wildman–Crippen MR) is 90.0 cm³/mol. The molecule has 0 amide bonds. The van der Waals surface area contributed by atoms with Gasteiger partial charge in [-0.2, -0.15) is 0 Å². The first-order valence-electron chi connectivity index (χ1n) is 7.07. The number of hydrogen-bond donors (Lipinski definition) is 0. The Kier molecular flexibility index (Phi) is 6.45. The van der Waals surface area contributed by atoms with Gasteiger partial charge in [0.05, 0.1) is 23.3 Å². The van der Waals surface area contributed by atoms with Crippen LogP contribution >= 0.6 is 23.2 Å². The number of methoxy groups -OCH3 is 1. The van der Waals surface area contributed by atoms with E-state index in [-0.39, 0.29) is 28.7 Å². The molecule has 0 saturated carbocycles. The van der Waals surface area contributed by atoms with Gasteiger partial charge in [0, 0.05) is 5.02 Å². The van der Waals surface area contributed by atoms with Gasteiger partial charge in [0.25, 0.3) is 6.43 Å². The van der Waals surface area contributed by atoms with Gasteiger partial charge in [-0.1, -0.05) is 29.3 Å². The van der Waals surface area contributed by atoms with Crippen molar-refractivity contribution in [3.63, 3.8) is 0 Å². The Morgan fingerprint density at radius 3 is 2.52 bits per heavy atom. The van der Waals surface area contributed by atoms with Crippen LogP contribution in [-0.2, 0) is 11.3 Å². The molecule has 0 saturated heterocycles. The van der Waals surface area contributed by atoms with Gasteiger partial charge in [-0.25, -0.2) is 13.6 Å². The number of halogens is 4. The van der Waals surface area contributed by atoms with Crippen molar-refractivity contribution >= 4 is 29.4 Å². The van der Waals surface area contributed by atoms with E-state index in [1.165, 1.54) is 18.2 Å². The van der Waals surface area contributed by atoms with Crippen LogP contribution in [-0.4, -0.2) is 13.3 Å². The quantitative estimate of drug-likeness (QED) is 0.466. The van der Waals surface area contributed by atoms with Crippen molar-refractivity contribution in [3.05, 3.63) is 57.1 Å². The van der Waals surface area contributed by atoms with E-state index < -0.39 is 12.6 Å². The topological polar surface area (TPSA) is 44.8 Å². The first-order valence-corrected chi connectivity index (χ1v) is 7.83. The highest BCUT2D eigenvalue weighted by atomic mass is 35.5. The van der Waals surface area contributed by atoms with Gasteiger partial charge in [-0.15, -0.1) is 0 Å². The summed E-state index contributed by atoms with van der Waals surface area (Å²) in [5.74, 6) is 0.0330. The summed E-state index contributed by atoms with van der Waals surface area (Å²) < 4.78 is 41.3. The normalized spacial score (nSPS) is 10.7. The molecule has 25 heavy (non-hydrogen) atoms. The Morgan fingerprint density at radius 2 is 1.88 bits per heavy atom. The van der Waals surface area contributed by atoms with Crippen LogP contribution in [0.5, 0.6) is 11.5 Å². The third-order valence-electron chi connectivity index (χ3n) is 3.33. The minimum atomic E-state index is -2.73. The highest BCUT2D eigenvalue weighted by Gasteiger charge is 2.18. The Hall–Kier alpha value is -2.05. The van der Waals surface area contributed by atoms with Gasteiger partial charge >= 0.3 is 6.16 Å². The molecule has 0 fully saturated rings. The van der Waals surface area contributed by atoms with E-state index in [2.05, 4.69) is 4.74 Å². The van der Waals surface area contributed by atoms with Gasteiger partial charge in [-0.05, 0) is 36.8 Å². The fraction of sp³-hybridized carbons (Fsp3) is 0.235. The molecule has 0 radical (unpaired) electrons. The third kappa shape index (κ3) is 4.74. The zero-order chi connectivity index (χ0) is 18.6. The second kappa shape index (κ2) is 8.36. The maximum absolute atomic E-state index is 13.2. The van der Waals surface area contributed by atoms with Crippen LogP contribution in [0, 0.1) is 6.92 Å². The summed E-state index contributed by atoms with van der Waals surface area (Å²) in [5.41, 5.74) is 0.535. The van der Waals surface area contributed by atoms with Crippen LogP contribution in [0.25, 0.3) is 0 Å². The van der Waals surface area contributed by atoms with Crippen molar-refractivity contribution in [1.82, 2.24) is 0 Å². The van der Waals surface area contributed by atoms with Gasteiger partial charge in [0.1, 0.15) is 18.1 Å². The summed E-state index contributed by atoms with van der Waals surface area (Å²) >= 11 is 12.1. The zero-order valence-corrected chi connectivity index (χ0v) is 14.8. The van der Waals surface area contributed by atoms with Crippen molar-refractivity contribution < 1.29 is 27.8 Å². The molecular weight excluding hydrogens is 377 g/mol. The molecule has 0 aliphatic heterocycles. The van der Waals surface area contributed by atoms with Crippen molar-refractivity contribution in [2.24, 2.45) is 0 Å². The monoisotopic (exact) mass is 390 g/mol. The Balaban J connectivity index is 2.30. The van der Waals surface area contributed by atoms with E-state index in [0.29, 0.717) is 16.1 Å². The number of hydrogen-bond acceptors (Lipinski definition) is 4. The molecular formula is C17H14Cl2F2O4. The fourth-order valence-corrected chi connectivity index (χ4v) is 2.41. The maximum Gasteiger partial charge on any atom is 0.513 e. The van der Waals surface area contributed by atoms with Gasteiger partial charge < -0.3 is 14.2 Å². The molecule has 134 valence electrons. The van der Waals surface area contributed by atoms with E-state index in [4.69, 9.17) is 32.7 Å². The Labute approximate surface area is 153 Å². The van der Waals surface area contributed by atoms with Gasteiger partial charge in [0.15, 0.2) is 0 Å². The summed E-state index contributed by atoms with van der Waals surface area (Å²) in [6, 6.07) is 7.19. The van der Waals surface area contributed by atoms with Crippen LogP contribution in [0.4, 0.5) is 13.6 Å². The lowest BCUT2D eigenvalue weighted by atomic mass is 10.1. The number of carbonyl (C=O) groups is 1. The molecule has 0 bridgehead atoms. The minimum Gasteiger partial charge on any atom is -0.488 e. The summed E-state index contributed by atoms with van der Waals surface area (Å²) in [6.07, 6.45) is -3.67. The second-order valence-corrected chi connectivity index (χ2v) is 5.82. The number of alkyl halides is 2. The van der Waals surface area contributed by atoms with Crippen LogP contribution in [0.2, 0.25) is 10.0 Å². The predicted octanol–water partition coefficient (Wildman–Crippen LogP) is 5.96. The summed E-state index contributed by atoms with van der Waals surface area (Å²) in [5, 5.41) is 0.544. The SMILES string of the molecule is COC(=O)Oc1cccc(Cl)c1COc1cc(Cl)c(C)cc1C(F)F. The lowest BCUT2D eigenvalue weighted by Gasteiger charge is -2.15. The number of ether oxygens (including phenoxy) is 3. The molecule has 0 N–H and O–H groups in total. The first-order chi connectivity index (χ1) is 11.8. The van der Waals surface area contributed by atoms with Crippen LogP contribution in [0.3, 0.4) is 0 Å². The molecule has 0 aliphatic rings. The standard InChI is InChI=1S/C17H14Cl2F2O4/c1-9-6-10(16(20)21)15(7-13(9)19)24-8-11-12(18)4-3-5-14(11)25-17(22)23-2/h3-7,16H,8H2,1-2H3. The summed E-state index contributed by atoms with van der Waals surface area (Å²) in [6.45, 7) is 1.42. The Morgan fingerprint density at radius 1 is 1.16 bits per heavy atom. The molecule has 2 rings (SSSR count). The lowest BCUT2D eigenvalue weighted by molar-refractivity contribution is 0.120. The molecule has 0 spiro atoms. The lowest BCUT2D eigenvalue weighted by Crippen LogP contribution is -2.10. The molecule has 0 unspecified atom stereocenters. The molecule has 0 heterocycles. The highest BCUT2D eigenvalue weighted by molar-refractivity contribution is 6.31. The number of benzene rings is 2. The zero-order valence-electron chi connectivity index (χ0n) is 13.3. The second-order valence-electron chi connectivity index (χ2n) is 5.00. The van der Waals surface area contributed by atoms with Gasteiger partial charge in [-0.3, -0.25) is 0 Å². The average Bonchev–Trinajstić information content (AvgIpc) is 2.56. The van der Waals surface area contributed by atoms with Crippen LogP contribution in [0.15, 0.2) is 30.3 Å². The molecule has 4 nitrogen and oxygen atoms in total. The van der Waals surface area contributed by atoms with E-state index in [1.54, 1.807) is 19.1 Å². The van der Waals surface area contributed by atoms with Gasteiger partial charge in [0.2, 0.25) is 0 Å². The molecule has 8 heteroatoms. The van der Waals surface area contributed by atoms with E-state index in [0.717, 1.165) is 7.11 Å². The number of rotatable bonds is 5. The highest BCUT2D eigenvalue weighted by Crippen LogP contribution is 2.35. The molecule has 0 aromatic heterocycles. The van der Waals surface area contributed by atoms with E-state index in [9.17, 15) is 13.6 Å². The van der Waals surface area contributed by atoms with Crippen LogP contribution < -0.4 is 9.47 Å². The smallest absolute Gasteiger partial charge is 0.488 e. The molecule has 0 aliphatic carbocycles. The average molecular weight is 391 g/mol. The fourth-order valence-electron chi connectivity index (χ4n) is 2.04. The molecule has 2 aromatic rings. The number of aryl methyl sites for hydroxylation is 1. The summed E-state index contributed by atoms with van der Waals surface area (Å²) in [7, 11) is 1.16. The van der Waals surface area contributed by atoms with Crippen molar-refractivity contribution in [2.75, 3.05) is 7.11 Å². The van der Waals surface area contributed by atoms with Crippen molar-refractivity contribution in [1.29, 1.82) is 0 Å². The largest absolute Gasteiger partial charge is 0.513 e. The third-order valence-corrected chi connectivity index (χ3v) is 4.10. The Bertz CT molecular complexity index is 781. The molecule has 0 atom stereocenters. The van der Waals surface area contributed by atoms with E-state index in [1.807, 2.05) is 0 Å². The van der Waals surface area contributed by atoms with E-state index >= 15 is 0 Å². The maximum atomic E-state index is 13.2.